The third kappa shape index (κ3) is 7.05. The Labute approximate surface area is 225 Å². The van der Waals surface area contributed by atoms with E-state index in [0.717, 1.165) is 72.3 Å². The van der Waals surface area contributed by atoms with Gasteiger partial charge in [-0.05, 0) is 84.2 Å². The van der Waals surface area contributed by atoms with Crippen LogP contribution in [-0.4, -0.2) is 53.8 Å². The number of hydrogen-bond acceptors (Lipinski definition) is 6. The molecule has 0 unspecified atom stereocenters. The molecule has 202 valence electrons. The Hall–Kier alpha value is -3.57. The molecule has 1 aliphatic heterocycles. The predicted octanol–water partition coefficient (Wildman–Crippen LogP) is 6.60. The summed E-state index contributed by atoms with van der Waals surface area (Å²) in [5.41, 5.74) is 3.87. The highest BCUT2D eigenvalue weighted by Crippen LogP contribution is 2.33. The molecule has 0 bridgehead atoms. The van der Waals surface area contributed by atoms with E-state index in [-0.39, 0.29) is 6.09 Å². The van der Waals surface area contributed by atoms with Gasteiger partial charge in [-0.3, -0.25) is 0 Å². The van der Waals surface area contributed by atoms with E-state index in [0.29, 0.717) is 24.8 Å². The molecule has 0 saturated carbocycles. The van der Waals surface area contributed by atoms with Crippen LogP contribution in [-0.2, 0) is 24.3 Å². The summed E-state index contributed by atoms with van der Waals surface area (Å²) in [6, 6.07) is 11.5. The van der Waals surface area contributed by atoms with Gasteiger partial charge in [0.25, 0.3) is 0 Å². The number of amides is 1. The number of piperidine rings is 1. The molecule has 2 heterocycles. The minimum atomic E-state index is -0.469. The third-order valence-corrected chi connectivity index (χ3v) is 6.77. The van der Waals surface area contributed by atoms with Crippen LogP contribution < -0.4 is 4.74 Å². The zero-order chi connectivity index (χ0) is 27.3. The number of carbonyl (C=O) groups excluding carboxylic acids is 1. The highest BCUT2D eigenvalue weighted by Gasteiger charge is 2.27. The normalized spacial score (nSPS) is 14.6. The maximum absolute atomic E-state index is 12.4. The van der Waals surface area contributed by atoms with Crippen molar-refractivity contribution in [2.24, 2.45) is 5.92 Å². The van der Waals surface area contributed by atoms with Gasteiger partial charge in [0.2, 0.25) is 0 Å². The van der Waals surface area contributed by atoms with Crippen molar-refractivity contribution in [3.8, 4) is 5.75 Å². The molecule has 0 N–H and O–H groups in total. The van der Waals surface area contributed by atoms with Crippen LogP contribution in [0, 0.1) is 12.5 Å². The van der Waals surface area contributed by atoms with E-state index < -0.39 is 5.60 Å². The van der Waals surface area contributed by atoms with Crippen molar-refractivity contribution in [1.82, 2.24) is 15.0 Å². The Bertz CT molecular complexity index is 1280. The average Bonchev–Trinajstić information content (AvgIpc) is 3.29. The standard InChI is InChI=1S/C30H38N4O4/c1-30(2,3)37-29(35)34-17-15-21(16-18-34)9-13-26-24-12-14-27(25(19-33(5)6)28(24)38-32-26)36-20-22-7-10-23(31-4)11-8-22/h7-8,10-12,14,21H,9,13,15-20H2,1-3,5-6H3. The lowest BCUT2D eigenvalue weighted by atomic mass is 9.91. The number of carbonyl (C=O) groups is 1. The molecule has 1 saturated heterocycles. The van der Waals surface area contributed by atoms with Crippen molar-refractivity contribution >= 4 is 22.7 Å². The van der Waals surface area contributed by atoms with Crippen LogP contribution in [0.4, 0.5) is 10.5 Å². The van der Waals surface area contributed by atoms with Crippen LogP contribution in [0.15, 0.2) is 40.9 Å². The van der Waals surface area contributed by atoms with Gasteiger partial charge < -0.3 is 23.8 Å². The summed E-state index contributed by atoms with van der Waals surface area (Å²) in [4.78, 5) is 19.7. The first-order chi connectivity index (χ1) is 18.1. The molecule has 8 heteroatoms. The molecule has 38 heavy (non-hydrogen) atoms. The van der Waals surface area contributed by atoms with E-state index >= 15 is 0 Å². The third-order valence-electron chi connectivity index (χ3n) is 6.77. The quantitative estimate of drug-likeness (QED) is 0.313. The fourth-order valence-corrected chi connectivity index (χ4v) is 4.77. The van der Waals surface area contributed by atoms with Gasteiger partial charge in [0.05, 0.1) is 17.8 Å². The Morgan fingerprint density at radius 1 is 1.16 bits per heavy atom. The van der Waals surface area contributed by atoms with Crippen molar-refractivity contribution in [3.63, 3.8) is 0 Å². The first kappa shape index (κ1) is 27.5. The molecule has 0 spiro atoms. The second kappa shape index (κ2) is 11.9. The topological polar surface area (TPSA) is 72.4 Å². The van der Waals surface area contributed by atoms with Gasteiger partial charge in [0.1, 0.15) is 18.0 Å². The molecule has 1 amide bonds. The van der Waals surface area contributed by atoms with E-state index in [9.17, 15) is 4.79 Å². The number of nitrogens with zero attached hydrogens (tertiary/aromatic N) is 4. The zero-order valence-electron chi connectivity index (χ0n) is 23.1. The Balaban J connectivity index is 1.40. The molecule has 0 atom stereocenters. The lowest BCUT2D eigenvalue weighted by Gasteiger charge is -2.33. The average molecular weight is 519 g/mol. The van der Waals surface area contributed by atoms with Gasteiger partial charge in [-0.15, -0.1) is 0 Å². The molecular weight excluding hydrogens is 480 g/mol. The Morgan fingerprint density at radius 3 is 2.50 bits per heavy atom. The second-order valence-corrected chi connectivity index (χ2v) is 11.3. The molecular formula is C30H38N4O4. The van der Waals surface area contributed by atoms with Gasteiger partial charge in [0.15, 0.2) is 11.3 Å². The molecule has 1 aliphatic rings. The van der Waals surface area contributed by atoms with Crippen molar-refractivity contribution < 1.29 is 18.8 Å². The van der Waals surface area contributed by atoms with E-state index in [2.05, 4.69) is 14.9 Å². The molecule has 2 aromatic carbocycles. The van der Waals surface area contributed by atoms with Gasteiger partial charge in [0, 0.05) is 25.0 Å². The zero-order valence-corrected chi connectivity index (χ0v) is 23.1. The maximum atomic E-state index is 12.4. The van der Waals surface area contributed by atoms with E-state index in [1.807, 2.05) is 64.0 Å². The second-order valence-electron chi connectivity index (χ2n) is 11.3. The predicted molar refractivity (Wildman–Crippen MR) is 147 cm³/mol. The summed E-state index contributed by atoms with van der Waals surface area (Å²) in [5.74, 6) is 1.32. The smallest absolute Gasteiger partial charge is 0.410 e. The Kier molecular flexibility index (Phi) is 8.58. The van der Waals surface area contributed by atoms with Gasteiger partial charge in [-0.25, -0.2) is 9.64 Å². The van der Waals surface area contributed by atoms with Gasteiger partial charge in [-0.2, -0.15) is 0 Å². The number of fused-ring (bicyclic) bond motifs is 1. The van der Waals surface area contributed by atoms with E-state index in [4.69, 9.17) is 20.6 Å². The number of aromatic nitrogens is 1. The Morgan fingerprint density at radius 2 is 1.87 bits per heavy atom. The molecule has 1 aromatic heterocycles. The molecule has 4 rings (SSSR count). The molecule has 1 fully saturated rings. The summed E-state index contributed by atoms with van der Waals surface area (Å²) in [7, 11) is 4.04. The highest BCUT2D eigenvalue weighted by molar-refractivity contribution is 5.84. The summed E-state index contributed by atoms with van der Waals surface area (Å²) in [5, 5.41) is 5.48. The number of rotatable bonds is 8. The van der Waals surface area contributed by atoms with Crippen LogP contribution >= 0.6 is 0 Å². The van der Waals surface area contributed by atoms with Gasteiger partial charge >= 0.3 is 6.09 Å². The number of ether oxygens (including phenoxy) is 2. The summed E-state index contributed by atoms with van der Waals surface area (Å²) < 4.78 is 17.6. The maximum Gasteiger partial charge on any atom is 0.410 e. The molecule has 3 aromatic rings. The summed E-state index contributed by atoms with van der Waals surface area (Å²) in [6.45, 7) is 15.3. The first-order valence-corrected chi connectivity index (χ1v) is 13.2. The SMILES string of the molecule is [C-]#[N+]c1ccc(COc2ccc3c(CCC4CCN(C(=O)OC(C)(C)C)CC4)noc3c2CN(C)C)cc1. The van der Waals surface area contributed by atoms with E-state index in [1.165, 1.54) is 0 Å². The van der Waals surface area contributed by atoms with Crippen LogP contribution in [0.25, 0.3) is 15.8 Å². The van der Waals surface area contributed by atoms with E-state index in [1.54, 1.807) is 12.1 Å². The highest BCUT2D eigenvalue weighted by atomic mass is 16.6. The number of aryl methyl sites for hydroxylation is 1. The van der Waals surface area contributed by atoms with Crippen LogP contribution in [0.2, 0.25) is 0 Å². The molecule has 0 aliphatic carbocycles. The number of hydrogen-bond donors (Lipinski definition) is 0. The van der Waals surface area contributed by atoms with Crippen LogP contribution in [0.1, 0.15) is 56.9 Å². The minimum Gasteiger partial charge on any atom is -0.488 e. The van der Waals surface area contributed by atoms with Crippen molar-refractivity contribution in [2.75, 3.05) is 27.2 Å². The lowest BCUT2D eigenvalue weighted by molar-refractivity contribution is 0.0181. The van der Waals surface area contributed by atoms with Crippen molar-refractivity contribution in [2.45, 2.75) is 65.2 Å². The lowest BCUT2D eigenvalue weighted by Crippen LogP contribution is -2.41. The molecule has 8 nitrogen and oxygen atoms in total. The monoisotopic (exact) mass is 518 g/mol. The summed E-state index contributed by atoms with van der Waals surface area (Å²) in [6.07, 6.45) is 3.56. The largest absolute Gasteiger partial charge is 0.488 e. The van der Waals surface area contributed by atoms with Crippen LogP contribution in [0.5, 0.6) is 5.75 Å². The number of benzene rings is 2. The molecule has 0 radical (unpaired) electrons. The first-order valence-electron chi connectivity index (χ1n) is 13.2. The fraction of sp³-hybridized carbons (Fsp3) is 0.500. The van der Waals surface area contributed by atoms with Gasteiger partial charge in [-0.1, -0.05) is 29.4 Å². The summed E-state index contributed by atoms with van der Waals surface area (Å²) >= 11 is 0. The number of likely N-dealkylation sites (tertiary alicyclic amines) is 1. The van der Waals surface area contributed by atoms with Crippen molar-refractivity contribution in [1.29, 1.82) is 0 Å². The van der Waals surface area contributed by atoms with Crippen LogP contribution in [0.3, 0.4) is 0 Å². The minimum absolute atomic E-state index is 0.217. The van der Waals surface area contributed by atoms with Crippen molar-refractivity contribution in [3.05, 3.63) is 64.6 Å². The fourth-order valence-electron chi connectivity index (χ4n) is 4.77.